The van der Waals surface area contributed by atoms with Crippen molar-refractivity contribution in [2.45, 2.75) is 39.5 Å². The molecule has 2 atom stereocenters. The molecule has 1 amide bonds. The lowest BCUT2D eigenvalue weighted by Crippen LogP contribution is -2.33. The van der Waals surface area contributed by atoms with Gasteiger partial charge in [-0.15, -0.1) is 0 Å². The van der Waals surface area contributed by atoms with E-state index in [-0.39, 0.29) is 17.6 Å². The summed E-state index contributed by atoms with van der Waals surface area (Å²) in [5.41, 5.74) is 5.04. The van der Waals surface area contributed by atoms with Gasteiger partial charge in [0.2, 0.25) is 5.78 Å². The van der Waals surface area contributed by atoms with Crippen molar-refractivity contribution in [3.05, 3.63) is 0 Å². The number of Topliss-reactive ketones (excluding diaryl/α,β-unsaturated/α-hetero) is 1. The minimum Gasteiger partial charge on any atom is -0.363 e. The quantitative estimate of drug-likeness (QED) is 0.656. The first-order valence-corrected chi connectivity index (χ1v) is 5.39. The van der Waals surface area contributed by atoms with Crippen LogP contribution in [0.5, 0.6) is 0 Å². The molecule has 0 aromatic heterocycles. The Morgan fingerprint density at radius 2 is 2.00 bits per heavy atom. The molecule has 2 unspecified atom stereocenters. The van der Waals surface area contributed by atoms with Crippen LogP contribution in [0.1, 0.15) is 39.5 Å². The number of carbonyl (C=O) groups excluding carboxylic acids is 2. The van der Waals surface area contributed by atoms with Crippen molar-refractivity contribution in [1.82, 2.24) is 0 Å². The number of carbonyl (C=O) groups is 2. The summed E-state index contributed by atoms with van der Waals surface area (Å²) in [5, 5.41) is 0. The van der Waals surface area contributed by atoms with Gasteiger partial charge < -0.3 is 5.73 Å². The summed E-state index contributed by atoms with van der Waals surface area (Å²) >= 11 is 0. The smallest absolute Gasteiger partial charge is 0.285 e. The number of nitrogens with two attached hydrogens (primary N) is 1. The lowest BCUT2D eigenvalue weighted by Gasteiger charge is -2.19. The fourth-order valence-corrected chi connectivity index (χ4v) is 1.78. The Morgan fingerprint density at radius 1 is 1.43 bits per heavy atom. The van der Waals surface area contributed by atoms with Crippen molar-refractivity contribution in [1.29, 1.82) is 0 Å². The molecule has 0 aliphatic heterocycles. The lowest BCUT2D eigenvalue weighted by atomic mass is 9.84. The van der Waals surface area contributed by atoms with Crippen LogP contribution in [-0.4, -0.2) is 11.7 Å². The van der Waals surface area contributed by atoms with Gasteiger partial charge >= 0.3 is 0 Å². The van der Waals surface area contributed by atoms with Crippen LogP contribution < -0.4 is 5.73 Å². The molecule has 14 heavy (non-hydrogen) atoms. The molecule has 0 aromatic carbocycles. The van der Waals surface area contributed by atoms with Crippen LogP contribution in [0.2, 0.25) is 0 Å². The average molecular weight is 197 g/mol. The number of ketones is 1. The standard InChI is InChI=1S/C11H19NO2/c1-3-7(2)9(6-8-4-5-8)10(13)11(12)14/h7-9H,3-6H2,1-2H3,(H2,12,14). The highest BCUT2D eigenvalue weighted by atomic mass is 16.2. The van der Waals surface area contributed by atoms with Crippen LogP contribution in [0.3, 0.4) is 0 Å². The highest BCUT2D eigenvalue weighted by Gasteiger charge is 2.33. The molecule has 1 aliphatic carbocycles. The van der Waals surface area contributed by atoms with E-state index in [2.05, 4.69) is 0 Å². The maximum Gasteiger partial charge on any atom is 0.285 e. The summed E-state index contributed by atoms with van der Waals surface area (Å²) in [6, 6.07) is 0. The monoisotopic (exact) mass is 197 g/mol. The van der Waals surface area contributed by atoms with E-state index in [1.165, 1.54) is 12.8 Å². The summed E-state index contributed by atoms with van der Waals surface area (Å²) in [6.45, 7) is 4.06. The zero-order valence-electron chi connectivity index (χ0n) is 8.95. The van der Waals surface area contributed by atoms with Gasteiger partial charge in [0.05, 0.1) is 0 Å². The van der Waals surface area contributed by atoms with Crippen LogP contribution in [0.4, 0.5) is 0 Å². The topological polar surface area (TPSA) is 60.2 Å². The molecule has 1 rings (SSSR count). The SMILES string of the molecule is CCC(C)C(CC1CC1)C(=O)C(N)=O. The normalized spacial score (nSPS) is 20.1. The fraction of sp³-hybridized carbons (Fsp3) is 0.818. The Balaban J connectivity index is 2.58. The van der Waals surface area contributed by atoms with Gasteiger partial charge in [-0.2, -0.15) is 0 Å². The van der Waals surface area contributed by atoms with E-state index in [9.17, 15) is 9.59 Å². The Labute approximate surface area is 85.0 Å². The zero-order chi connectivity index (χ0) is 10.7. The summed E-state index contributed by atoms with van der Waals surface area (Å²) in [6.07, 6.45) is 4.20. The number of hydrogen-bond acceptors (Lipinski definition) is 2. The third-order valence-corrected chi connectivity index (χ3v) is 3.19. The van der Waals surface area contributed by atoms with Gasteiger partial charge in [-0.1, -0.05) is 33.1 Å². The summed E-state index contributed by atoms with van der Waals surface area (Å²) < 4.78 is 0. The fourth-order valence-electron chi connectivity index (χ4n) is 1.78. The molecule has 0 spiro atoms. The van der Waals surface area contributed by atoms with E-state index in [1.54, 1.807) is 0 Å². The van der Waals surface area contributed by atoms with Crippen molar-refractivity contribution in [2.24, 2.45) is 23.5 Å². The van der Waals surface area contributed by atoms with Gasteiger partial charge in [-0.3, -0.25) is 9.59 Å². The van der Waals surface area contributed by atoms with Crippen molar-refractivity contribution in [3.8, 4) is 0 Å². The molecule has 0 bridgehead atoms. The van der Waals surface area contributed by atoms with E-state index >= 15 is 0 Å². The predicted molar refractivity (Wildman–Crippen MR) is 54.5 cm³/mol. The summed E-state index contributed by atoms with van der Waals surface area (Å²) in [4.78, 5) is 22.4. The summed E-state index contributed by atoms with van der Waals surface area (Å²) in [5.74, 6) is -0.333. The second kappa shape index (κ2) is 4.58. The van der Waals surface area contributed by atoms with Gasteiger partial charge in [-0.05, 0) is 18.3 Å². The highest BCUT2D eigenvalue weighted by molar-refractivity contribution is 6.36. The van der Waals surface area contributed by atoms with E-state index < -0.39 is 5.91 Å². The van der Waals surface area contributed by atoms with E-state index in [0.717, 1.165) is 12.8 Å². The minimum absolute atomic E-state index is 0.134. The molecule has 2 N–H and O–H groups in total. The van der Waals surface area contributed by atoms with Gasteiger partial charge in [-0.25, -0.2) is 0 Å². The molecular weight excluding hydrogens is 178 g/mol. The largest absolute Gasteiger partial charge is 0.363 e. The van der Waals surface area contributed by atoms with Crippen molar-refractivity contribution in [2.75, 3.05) is 0 Å². The van der Waals surface area contributed by atoms with E-state index in [1.807, 2.05) is 13.8 Å². The second-order valence-corrected chi connectivity index (χ2v) is 4.40. The molecular formula is C11H19NO2. The van der Waals surface area contributed by atoms with Crippen molar-refractivity contribution in [3.63, 3.8) is 0 Å². The third kappa shape index (κ3) is 2.82. The first-order valence-electron chi connectivity index (χ1n) is 5.39. The van der Waals surface area contributed by atoms with Crippen LogP contribution >= 0.6 is 0 Å². The van der Waals surface area contributed by atoms with Crippen LogP contribution in [0.15, 0.2) is 0 Å². The minimum atomic E-state index is -0.768. The van der Waals surface area contributed by atoms with Crippen molar-refractivity contribution >= 4 is 11.7 Å². The highest BCUT2D eigenvalue weighted by Crippen LogP contribution is 2.38. The Bertz CT molecular complexity index is 233. The maximum absolute atomic E-state index is 11.5. The molecule has 3 heteroatoms. The van der Waals surface area contributed by atoms with E-state index in [0.29, 0.717) is 5.92 Å². The zero-order valence-corrected chi connectivity index (χ0v) is 8.95. The molecule has 0 heterocycles. The number of hydrogen-bond donors (Lipinski definition) is 1. The van der Waals surface area contributed by atoms with Crippen molar-refractivity contribution < 1.29 is 9.59 Å². The summed E-state index contributed by atoms with van der Waals surface area (Å²) in [7, 11) is 0. The van der Waals surface area contributed by atoms with Gasteiger partial charge in [0.25, 0.3) is 5.91 Å². The number of primary amides is 1. The molecule has 1 fully saturated rings. The molecule has 1 aliphatic rings. The molecule has 80 valence electrons. The number of amides is 1. The van der Waals surface area contributed by atoms with Gasteiger partial charge in [0.15, 0.2) is 0 Å². The van der Waals surface area contributed by atoms with E-state index in [4.69, 9.17) is 5.73 Å². The lowest BCUT2D eigenvalue weighted by molar-refractivity contribution is -0.139. The molecule has 1 saturated carbocycles. The first-order chi connectivity index (χ1) is 6.56. The second-order valence-electron chi connectivity index (χ2n) is 4.40. The van der Waals surface area contributed by atoms with Gasteiger partial charge in [0.1, 0.15) is 0 Å². The number of rotatable bonds is 6. The first kappa shape index (κ1) is 11.2. The van der Waals surface area contributed by atoms with Crippen LogP contribution in [0, 0.1) is 17.8 Å². The third-order valence-electron chi connectivity index (χ3n) is 3.19. The molecule has 3 nitrogen and oxygen atoms in total. The molecule has 0 radical (unpaired) electrons. The predicted octanol–water partition coefficient (Wildman–Crippen LogP) is 1.50. The Kier molecular flexibility index (Phi) is 3.67. The van der Waals surface area contributed by atoms with Crippen LogP contribution in [0.25, 0.3) is 0 Å². The van der Waals surface area contributed by atoms with Crippen LogP contribution in [-0.2, 0) is 9.59 Å². The Morgan fingerprint density at radius 3 is 2.36 bits per heavy atom. The average Bonchev–Trinajstić information content (AvgIpc) is 2.95. The molecule has 0 saturated heterocycles. The Hall–Kier alpha value is -0.860. The molecule has 0 aromatic rings. The van der Waals surface area contributed by atoms with Gasteiger partial charge in [0, 0.05) is 5.92 Å². The maximum atomic E-state index is 11.5.